The van der Waals surface area contributed by atoms with E-state index in [1.807, 2.05) is 18.2 Å². The quantitative estimate of drug-likeness (QED) is 0.547. The third-order valence-electron chi connectivity index (χ3n) is 2.85. The zero-order chi connectivity index (χ0) is 13.4. The molecule has 0 atom stereocenters. The fourth-order valence-corrected chi connectivity index (χ4v) is 4.01. The molecule has 2 nitrogen and oxygen atoms in total. The summed E-state index contributed by atoms with van der Waals surface area (Å²) in [4.78, 5) is 11.7. The van der Waals surface area contributed by atoms with Crippen molar-refractivity contribution in [3.05, 3.63) is 35.9 Å². The third-order valence-corrected chi connectivity index (χ3v) is 4.89. The lowest BCUT2D eigenvalue weighted by molar-refractivity contribution is -0.135. The smallest absolute Gasteiger partial charge is 0.292 e. The second-order valence-corrected chi connectivity index (χ2v) is 9.43. The van der Waals surface area contributed by atoms with E-state index < -0.39 is 8.32 Å². The van der Waals surface area contributed by atoms with E-state index in [0.717, 1.165) is 25.3 Å². The zero-order valence-corrected chi connectivity index (χ0v) is 12.7. The van der Waals surface area contributed by atoms with E-state index in [4.69, 9.17) is 4.43 Å². The molecule has 0 aliphatic rings. The summed E-state index contributed by atoms with van der Waals surface area (Å²) in [5.74, 6) is -0.0175. The van der Waals surface area contributed by atoms with Gasteiger partial charge in [0, 0.05) is 12.5 Å². The molecule has 100 valence electrons. The number of rotatable bonds is 7. The van der Waals surface area contributed by atoms with Gasteiger partial charge in [-0.2, -0.15) is 0 Å². The first kappa shape index (κ1) is 15.0. The van der Waals surface area contributed by atoms with E-state index in [0.29, 0.717) is 6.42 Å². The molecular formula is C15H24O2Si. The molecule has 0 N–H and O–H groups in total. The molecule has 1 rings (SSSR count). The van der Waals surface area contributed by atoms with Gasteiger partial charge >= 0.3 is 0 Å². The summed E-state index contributed by atoms with van der Waals surface area (Å²) >= 11 is 0. The lowest BCUT2D eigenvalue weighted by Gasteiger charge is -2.22. The molecular weight excluding hydrogens is 240 g/mol. The monoisotopic (exact) mass is 264 g/mol. The first-order chi connectivity index (χ1) is 8.53. The summed E-state index contributed by atoms with van der Waals surface area (Å²) in [6, 6.07) is 11.2. The lowest BCUT2D eigenvalue weighted by atomic mass is 10.2. The van der Waals surface area contributed by atoms with E-state index in [1.54, 1.807) is 0 Å². The maximum atomic E-state index is 11.7. The number of carbonyl (C=O) groups excluding carboxylic acids is 1. The average molecular weight is 264 g/mol. The van der Waals surface area contributed by atoms with E-state index >= 15 is 0 Å². The SMILES string of the molecule is CCCCCC(=O)O[Si](C)(C)Cc1ccccc1. The Morgan fingerprint density at radius 2 is 1.83 bits per heavy atom. The van der Waals surface area contributed by atoms with Crippen LogP contribution in [0.15, 0.2) is 30.3 Å². The van der Waals surface area contributed by atoms with Crippen LogP contribution in [-0.4, -0.2) is 14.3 Å². The van der Waals surface area contributed by atoms with Crippen molar-refractivity contribution in [3.63, 3.8) is 0 Å². The minimum atomic E-state index is -1.92. The number of hydrogen-bond acceptors (Lipinski definition) is 2. The van der Waals surface area contributed by atoms with Crippen molar-refractivity contribution in [2.45, 2.75) is 51.7 Å². The summed E-state index contributed by atoms with van der Waals surface area (Å²) < 4.78 is 5.69. The van der Waals surface area contributed by atoms with Crippen molar-refractivity contribution in [1.82, 2.24) is 0 Å². The highest BCUT2D eigenvalue weighted by molar-refractivity contribution is 6.72. The number of benzene rings is 1. The van der Waals surface area contributed by atoms with Crippen LogP contribution < -0.4 is 0 Å². The molecule has 0 heterocycles. The van der Waals surface area contributed by atoms with Crippen LogP contribution in [0.2, 0.25) is 13.1 Å². The van der Waals surface area contributed by atoms with Gasteiger partial charge in [-0.3, -0.25) is 4.79 Å². The van der Waals surface area contributed by atoms with Gasteiger partial charge in [0.2, 0.25) is 0 Å². The van der Waals surface area contributed by atoms with Crippen LogP contribution in [0.4, 0.5) is 0 Å². The third kappa shape index (κ3) is 6.01. The number of hydrogen-bond donors (Lipinski definition) is 0. The van der Waals surface area contributed by atoms with E-state index in [-0.39, 0.29) is 5.97 Å². The van der Waals surface area contributed by atoms with Crippen LogP contribution in [0.1, 0.15) is 38.2 Å². The van der Waals surface area contributed by atoms with Crippen molar-refractivity contribution in [2.75, 3.05) is 0 Å². The molecule has 0 aromatic heterocycles. The fraction of sp³-hybridized carbons (Fsp3) is 0.533. The summed E-state index contributed by atoms with van der Waals surface area (Å²) in [6.45, 7) is 6.36. The van der Waals surface area contributed by atoms with Crippen molar-refractivity contribution < 1.29 is 9.22 Å². The summed E-state index contributed by atoms with van der Waals surface area (Å²) in [5.41, 5.74) is 1.26. The highest BCUT2D eigenvalue weighted by Crippen LogP contribution is 2.15. The Morgan fingerprint density at radius 1 is 1.17 bits per heavy atom. The molecule has 3 heteroatoms. The molecule has 0 spiro atoms. The molecule has 0 amide bonds. The van der Waals surface area contributed by atoms with Gasteiger partial charge < -0.3 is 4.43 Å². The topological polar surface area (TPSA) is 26.3 Å². The summed E-state index contributed by atoms with van der Waals surface area (Å²) in [7, 11) is -1.92. The maximum absolute atomic E-state index is 11.7. The molecule has 1 aromatic carbocycles. The van der Waals surface area contributed by atoms with Crippen LogP contribution in [0.3, 0.4) is 0 Å². The predicted octanol–water partition coefficient (Wildman–Crippen LogP) is 4.10. The molecule has 0 saturated carbocycles. The van der Waals surface area contributed by atoms with Gasteiger partial charge in [0.1, 0.15) is 0 Å². The molecule has 0 aliphatic heterocycles. The van der Waals surface area contributed by atoms with Gasteiger partial charge in [0.15, 0.2) is 0 Å². The standard InChI is InChI=1S/C15H24O2Si/c1-4-5-7-12-15(16)17-18(2,3)13-14-10-8-6-9-11-14/h6,8-11H,4-5,7,12-13H2,1-3H3. The molecule has 0 unspecified atom stereocenters. The number of carbonyl (C=O) groups is 1. The molecule has 0 bridgehead atoms. The summed E-state index contributed by atoms with van der Waals surface area (Å²) in [6.07, 6.45) is 3.76. The van der Waals surface area contributed by atoms with Gasteiger partial charge in [0.05, 0.1) is 0 Å². The van der Waals surface area contributed by atoms with E-state index in [2.05, 4.69) is 32.2 Å². The Morgan fingerprint density at radius 3 is 2.44 bits per heavy atom. The second kappa shape index (κ2) is 7.37. The predicted molar refractivity (Wildman–Crippen MR) is 77.9 cm³/mol. The minimum absolute atomic E-state index is 0.0175. The van der Waals surface area contributed by atoms with Crippen LogP contribution in [0.25, 0.3) is 0 Å². The van der Waals surface area contributed by atoms with E-state index in [1.165, 1.54) is 5.56 Å². The van der Waals surface area contributed by atoms with Crippen LogP contribution in [-0.2, 0) is 15.3 Å². The van der Waals surface area contributed by atoms with E-state index in [9.17, 15) is 4.79 Å². The van der Waals surface area contributed by atoms with Gasteiger partial charge in [0.25, 0.3) is 14.3 Å². The van der Waals surface area contributed by atoms with Gasteiger partial charge in [-0.1, -0.05) is 50.1 Å². The number of unbranched alkanes of at least 4 members (excludes halogenated alkanes) is 2. The maximum Gasteiger partial charge on any atom is 0.292 e. The van der Waals surface area contributed by atoms with Gasteiger partial charge in [-0.25, -0.2) is 0 Å². The first-order valence-electron chi connectivity index (χ1n) is 6.79. The van der Waals surface area contributed by atoms with Crippen LogP contribution in [0, 0.1) is 0 Å². The Hall–Kier alpha value is -1.09. The average Bonchev–Trinajstić information content (AvgIpc) is 2.29. The minimum Gasteiger partial charge on any atom is -0.519 e. The second-order valence-electron chi connectivity index (χ2n) is 5.35. The normalized spacial score (nSPS) is 11.3. The molecule has 0 radical (unpaired) electrons. The highest BCUT2D eigenvalue weighted by atomic mass is 28.4. The first-order valence-corrected chi connectivity index (χ1v) is 9.91. The van der Waals surface area contributed by atoms with Gasteiger partial charge in [-0.05, 0) is 25.1 Å². The highest BCUT2D eigenvalue weighted by Gasteiger charge is 2.27. The molecule has 0 aliphatic carbocycles. The van der Waals surface area contributed by atoms with Crippen molar-refractivity contribution >= 4 is 14.3 Å². The Kier molecular flexibility index (Phi) is 6.12. The molecule has 0 fully saturated rings. The van der Waals surface area contributed by atoms with Crippen LogP contribution in [0.5, 0.6) is 0 Å². The summed E-state index contributed by atoms with van der Waals surface area (Å²) in [5, 5.41) is 0. The fourth-order valence-electron chi connectivity index (χ4n) is 2.00. The van der Waals surface area contributed by atoms with Crippen LogP contribution >= 0.6 is 0 Å². The van der Waals surface area contributed by atoms with Gasteiger partial charge in [-0.15, -0.1) is 0 Å². The molecule has 18 heavy (non-hydrogen) atoms. The molecule has 0 saturated heterocycles. The zero-order valence-electron chi connectivity index (χ0n) is 11.7. The Labute approximate surface area is 111 Å². The Bertz CT molecular complexity index is 360. The van der Waals surface area contributed by atoms with Crippen molar-refractivity contribution in [1.29, 1.82) is 0 Å². The Balaban J connectivity index is 2.41. The molecule has 1 aromatic rings. The van der Waals surface area contributed by atoms with Crippen molar-refractivity contribution in [2.24, 2.45) is 0 Å². The largest absolute Gasteiger partial charge is 0.519 e. The lowest BCUT2D eigenvalue weighted by Crippen LogP contribution is -2.36. The van der Waals surface area contributed by atoms with Crippen molar-refractivity contribution in [3.8, 4) is 0 Å².